The Labute approximate surface area is 120 Å². The van der Waals surface area contributed by atoms with Gasteiger partial charge in [0.2, 0.25) is 5.91 Å². The minimum Gasteiger partial charge on any atom is -0.326 e. The highest BCUT2D eigenvalue weighted by Gasteiger charge is 2.30. The average Bonchev–Trinajstić information content (AvgIpc) is 2.38. The highest BCUT2D eigenvalue weighted by molar-refractivity contribution is 7.91. The first kappa shape index (κ1) is 15.0. The number of sulfone groups is 1. The third kappa shape index (κ3) is 3.60. The zero-order valence-corrected chi connectivity index (χ0v) is 12.7. The Bertz CT molecular complexity index is 593. The SMILES string of the molecule is CC(C)c1ccccc1NC(=O)C1CCCS(=O)(=O)C1. The van der Waals surface area contributed by atoms with E-state index in [0.717, 1.165) is 11.3 Å². The second-order valence-electron chi connectivity index (χ2n) is 5.68. The van der Waals surface area contributed by atoms with Crippen molar-refractivity contribution in [3.63, 3.8) is 0 Å². The van der Waals surface area contributed by atoms with Crippen molar-refractivity contribution in [1.82, 2.24) is 0 Å². The lowest BCUT2D eigenvalue weighted by Crippen LogP contribution is -2.34. The molecule has 0 bridgehead atoms. The van der Waals surface area contributed by atoms with Crippen LogP contribution in [0.3, 0.4) is 0 Å². The maximum absolute atomic E-state index is 12.3. The van der Waals surface area contributed by atoms with E-state index in [0.29, 0.717) is 18.8 Å². The predicted molar refractivity (Wildman–Crippen MR) is 80.5 cm³/mol. The molecule has 1 aliphatic rings. The Morgan fingerprint density at radius 1 is 1.30 bits per heavy atom. The quantitative estimate of drug-likeness (QED) is 0.932. The third-order valence-corrected chi connectivity index (χ3v) is 5.50. The van der Waals surface area contributed by atoms with Crippen molar-refractivity contribution in [2.45, 2.75) is 32.6 Å². The van der Waals surface area contributed by atoms with Gasteiger partial charge in [0.25, 0.3) is 0 Å². The number of benzene rings is 1. The summed E-state index contributed by atoms with van der Waals surface area (Å²) in [6, 6.07) is 7.66. The van der Waals surface area contributed by atoms with Crippen LogP contribution in [0.1, 0.15) is 38.2 Å². The second-order valence-corrected chi connectivity index (χ2v) is 7.91. The van der Waals surface area contributed by atoms with Gasteiger partial charge < -0.3 is 5.32 Å². The van der Waals surface area contributed by atoms with Crippen LogP contribution in [0.2, 0.25) is 0 Å². The summed E-state index contributed by atoms with van der Waals surface area (Å²) in [6.07, 6.45) is 1.22. The normalized spacial score (nSPS) is 21.6. The minimum absolute atomic E-state index is 0.0251. The molecule has 0 aliphatic carbocycles. The Morgan fingerprint density at radius 2 is 2.00 bits per heavy atom. The molecular weight excluding hydrogens is 274 g/mol. The molecule has 0 radical (unpaired) electrons. The molecule has 0 spiro atoms. The van der Waals surface area contributed by atoms with Gasteiger partial charge in [0, 0.05) is 5.69 Å². The van der Waals surface area contributed by atoms with Crippen LogP contribution >= 0.6 is 0 Å². The fourth-order valence-corrected chi connectivity index (χ4v) is 4.28. The number of carbonyl (C=O) groups excluding carboxylic acids is 1. The van der Waals surface area contributed by atoms with Crippen LogP contribution in [0, 0.1) is 5.92 Å². The lowest BCUT2D eigenvalue weighted by molar-refractivity contribution is -0.119. The van der Waals surface area contributed by atoms with Gasteiger partial charge in [-0.1, -0.05) is 32.0 Å². The Morgan fingerprint density at radius 3 is 2.65 bits per heavy atom. The molecule has 1 unspecified atom stereocenters. The van der Waals surface area contributed by atoms with E-state index in [2.05, 4.69) is 19.2 Å². The Hall–Kier alpha value is -1.36. The summed E-state index contributed by atoms with van der Waals surface area (Å²) < 4.78 is 23.2. The van der Waals surface area contributed by atoms with Gasteiger partial charge in [-0.15, -0.1) is 0 Å². The smallest absolute Gasteiger partial charge is 0.228 e. The Kier molecular flexibility index (Phi) is 4.48. The van der Waals surface area contributed by atoms with Crippen LogP contribution in [-0.4, -0.2) is 25.8 Å². The molecule has 1 heterocycles. The van der Waals surface area contributed by atoms with E-state index < -0.39 is 15.8 Å². The molecule has 110 valence electrons. The van der Waals surface area contributed by atoms with E-state index in [-0.39, 0.29) is 17.4 Å². The molecular formula is C15H21NO3S. The van der Waals surface area contributed by atoms with Gasteiger partial charge in [0.15, 0.2) is 9.84 Å². The summed E-state index contributed by atoms with van der Waals surface area (Å²) in [4.78, 5) is 12.3. The van der Waals surface area contributed by atoms with Gasteiger partial charge in [0.1, 0.15) is 0 Å². The molecule has 1 atom stereocenters. The van der Waals surface area contributed by atoms with E-state index in [1.165, 1.54) is 0 Å². The summed E-state index contributed by atoms with van der Waals surface area (Å²) in [5.74, 6) is -0.112. The van der Waals surface area contributed by atoms with Crippen LogP contribution < -0.4 is 5.32 Å². The zero-order valence-electron chi connectivity index (χ0n) is 11.9. The second kappa shape index (κ2) is 5.95. The van der Waals surface area contributed by atoms with Gasteiger partial charge in [0.05, 0.1) is 17.4 Å². The molecule has 1 aromatic rings. The molecule has 4 nitrogen and oxygen atoms in total. The molecule has 1 aromatic carbocycles. The van der Waals surface area contributed by atoms with Crippen molar-refractivity contribution in [2.24, 2.45) is 5.92 Å². The van der Waals surface area contributed by atoms with Crippen molar-refractivity contribution in [3.05, 3.63) is 29.8 Å². The fourth-order valence-electron chi connectivity index (χ4n) is 2.58. The summed E-state index contributed by atoms with van der Waals surface area (Å²) in [6.45, 7) is 4.13. The first-order valence-corrected chi connectivity index (χ1v) is 8.81. The van der Waals surface area contributed by atoms with Crippen molar-refractivity contribution in [1.29, 1.82) is 0 Å². The number of para-hydroxylation sites is 1. The molecule has 1 amide bonds. The summed E-state index contributed by atoms with van der Waals surface area (Å²) in [7, 11) is -3.06. The zero-order chi connectivity index (χ0) is 14.8. The molecule has 5 heteroatoms. The molecule has 1 fully saturated rings. The molecule has 1 aliphatic heterocycles. The van der Waals surface area contributed by atoms with E-state index in [1.807, 2.05) is 24.3 Å². The van der Waals surface area contributed by atoms with E-state index in [1.54, 1.807) is 0 Å². The van der Waals surface area contributed by atoms with Gasteiger partial charge in [-0.2, -0.15) is 0 Å². The van der Waals surface area contributed by atoms with Gasteiger partial charge in [-0.25, -0.2) is 8.42 Å². The van der Waals surface area contributed by atoms with Crippen LogP contribution in [0.4, 0.5) is 5.69 Å². The van der Waals surface area contributed by atoms with Gasteiger partial charge in [-0.05, 0) is 30.4 Å². The standard InChI is InChI=1S/C15H21NO3S/c1-11(2)13-7-3-4-8-14(13)16-15(17)12-6-5-9-20(18,19)10-12/h3-4,7-8,11-12H,5-6,9-10H2,1-2H3,(H,16,17). The number of carbonyl (C=O) groups is 1. The summed E-state index contributed by atoms with van der Waals surface area (Å²) in [5.41, 5.74) is 1.86. The number of amides is 1. The van der Waals surface area contributed by atoms with Crippen LogP contribution in [0.25, 0.3) is 0 Å². The number of anilines is 1. The van der Waals surface area contributed by atoms with E-state index >= 15 is 0 Å². The molecule has 1 saturated heterocycles. The first-order chi connectivity index (χ1) is 9.39. The van der Waals surface area contributed by atoms with Crippen LogP contribution in [-0.2, 0) is 14.6 Å². The highest BCUT2D eigenvalue weighted by atomic mass is 32.2. The summed E-state index contributed by atoms with van der Waals surface area (Å²) in [5, 5.41) is 2.90. The highest BCUT2D eigenvalue weighted by Crippen LogP contribution is 2.26. The topological polar surface area (TPSA) is 63.2 Å². The fraction of sp³-hybridized carbons (Fsp3) is 0.533. The predicted octanol–water partition coefficient (Wildman–Crippen LogP) is 2.57. The van der Waals surface area contributed by atoms with Crippen molar-refractivity contribution in [3.8, 4) is 0 Å². The number of rotatable bonds is 3. The molecule has 1 N–H and O–H groups in total. The molecule has 0 saturated carbocycles. The molecule has 2 rings (SSSR count). The van der Waals surface area contributed by atoms with Gasteiger partial charge in [-0.3, -0.25) is 4.79 Å². The molecule has 20 heavy (non-hydrogen) atoms. The minimum atomic E-state index is -3.06. The lowest BCUT2D eigenvalue weighted by atomic mass is 10.00. The Balaban J connectivity index is 2.12. The maximum atomic E-state index is 12.3. The number of hydrogen-bond acceptors (Lipinski definition) is 3. The van der Waals surface area contributed by atoms with Crippen molar-refractivity contribution >= 4 is 21.4 Å². The number of hydrogen-bond donors (Lipinski definition) is 1. The van der Waals surface area contributed by atoms with E-state index in [4.69, 9.17) is 0 Å². The van der Waals surface area contributed by atoms with Crippen LogP contribution in [0.15, 0.2) is 24.3 Å². The largest absolute Gasteiger partial charge is 0.326 e. The third-order valence-electron chi connectivity index (χ3n) is 3.67. The molecule has 0 aromatic heterocycles. The average molecular weight is 295 g/mol. The van der Waals surface area contributed by atoms with Crippen LogP contribution in [0.5, 0.6) is 0 Å². The summed E-state index contributed by atoms with van der Waals surface area (Å²) >= 11 is 0. The van der Waals surface area contributed by atoms with Crippen molar-refractivity contribution < 1.29 is 13.2 Å². The maximum Gasteiger partial charge on any atom is 0.228 e. The number of nitrogens with one attached hydrogen (secondary N) is 1. The lowest BCUT2D eigenvalue weighted by Gasteiger charge is -2.22. The first-order valence-electron chi connectivity index (χ1n) is 6.99. The monoisotopic (exact) mass is 295 g/mol. The van der Waals surface area contributed by atoms with E-state index in [9.17, 15) is 13.2 Å². The van der Waals surface area contributed by atoms with Gasteiger partial charge >= 0.3 is 0 Å². The van der Waals surface area contributed by atoms with Crippen molar-refractivity contribution in [2.75, 3.05) is 16.8 Å².